The van der Waals surface area contributed by atoms with Crippen LogP contribution in [0.15, 0.2) is 53.9 Å². The molecule has 0 aliphatic heterocycles. The SMILES string of the molecule is CN(CC=C(c1ccccc1)c1cccs1)CC(=O)O. The van der Waals surface area contributed by atoms with Gasteiger partial charge in [-0.05, 0) is 29.6 Å². The number of carbonyl (C=O) groups is 1. The summed E-state index contributed by atoms with van der Waals surface area (Å²) in [5.41, 5.74) is 2.30. The van der Waals surface area contributed by atoms with Crippen LogP contribution in [0.1, 0.15) is 10.4 Å². The van der Waals surface area contributed by atoms with Crippen LogP contribution in [0.3, 0.4) is 0 Å². The van der Waals surface area contributed by atoms with E-state index in [1.807, 2.05) is 36.7 Å². The van der Waals surface area contributed by atoms with Gasteiger partial charge in [-0.15, -0.1) is 11.3 Å². The summed E-state index contributed by atoms with van der Waals surface area (Å²) in [6.45, 7) is 0.650. The van der Waals surface area contributed by atoms with E-state index in [0.717, 1.165) is 11.1 Å². The Bertz CT molecular complexity index is 576. The van der Waals surface area contributed by atoms with Crippen molar-refractivity contribution in [1.82, 2.24) is 4.90 Å². The number of thiophene rings is 1. The van der Waals surface area contributed by atoms with E-state index in [2.05, 4.69) is 24.3 Å². The molecule has 0 aliphatic rings. The minimum absolute atomic E-state index is 0.0447. The third-order valence-corrected chi connectivity index (χ3v) is 3.79. The quantitative estimate of drug-likeness (QED) is 0.887. The minimum Gasteiger partial charge on any atom is -0.480 e. The molecule has 2 rings (SSSR count). The third kappa shape index (κ3) is 4.05. The van der Waals surface area contributed by atoms with Crippen LogP contribution in [0, 0.1) is 0 Å². The van der Waals surface area contributed by atoms with Crippen molar-refractivity contribution in [2.24, 2.45) is 0 Å². The summed E-state index contributed by atoms with van der Waals surface area (Å²) in [5.74, 6) is -0.807. The monoisotopic (exact) mass is 287 g/mol. The summed E-state index contributed by atoms with van der Waals surface area (Å²) >= 11 is 1.69. The molecule has 0 aliphatic carbocycles. The maximum absolute atomic E-state index is 10.7. The van der Waals surface area contributed by atoms with Crippen molar-refractivity contribution in [1.29, 1.82) is 0 Å². The Morgan fingerprint density at radius 1 is 1.25 bits per heavy atom. The number of carboxylic acid groups (broad SMARTS) is 1. The fourth-order valence-corrected chi connectivity index (χ4v) is 2.74. The zero-order valence-corrected chi connectivity index (χ0v) is 12.1. The predicted octanol–water partition coefficient (Wildman–Crippen LogP) is 3.20. The third-order valence-electron chi connectivity index (χ3n) is 2.88. The molecule has 0 unspecified atom stereocenters. The highest BCUT2D eigenvalue weighted by Crippen LogP contribution is 2.26. The molecule has 0 amide bonds. The van der Waals surface area contributed by atoms with Gasteiger partial charge in [-0.2, -0.15) is 0 Å². The predicted molar refractivity (Wildman–Crippen MR) is 83.0 cm³/mol. The molecule has 104 valence electrons. The Hall–Kier alpha value is -1.91. The Morgan fingerprint density at radius 2 is 2.00 bits per heavy atom. The van der Waals surface area contributed by atoms with E-state index in [4.69, 9.17) is 5.11 Å². The molecular formula is C16H17NO2S. The molecule has 20 heavy (non-hydrogen) atoms. The van der Waals surface area contributed by atoms with Crippen LogP contribution in [0.2, 0.25) is 0 Å². The second-order valence-corrected chi connectivity index (χ2v) is 5.50. The van der Waals surface area contributed by atoms with Gasteiger partial charge in [-0.3, -0.25) is 9.69 Å². The summed E-state index contributed by atoms with van der Waals surface area (Å²) in [5, 5.41) is 10.8. The zero-order chi connectivity index (χ0) is 14.4. The van der Waals surface area contributed by atoms with Gasteiger partial charge in [-0.1, -0.05) is 42.5 Å². The molecule has 0 bridgehead atoms. The first-order valence-corrected chi connectivity index (χ1v) is 7.24. The maximum atomic E-state index is 10.7. The van der Waals surface area contributed by atoms with Gasteiger partial charge in [0.2, 0.25) is 0 Å². The van der Waals surface area contributed by atoms with Crippen LogP contribution in [0.25, 0.3) is 5.57 Å². The van der Waals surface area contributed by atoms with Gasteiger partial charge in [0, 0.05) is 11.4 Å². The zero-order valence-electron chi connectivity index (χ0n) is 11.3. The molecule has 4 heteroatoms. The molecule has 0 atom stereocenters. The van der Waals surface area contributed by atoms with Crippen LogP contribution in [0.4, 0.5) is 0 Å². The second kappa shape index (κ2) is 7.03. The first kappa shape index (κ1) is 14.5. The van der Waals surface area contributed by atoms with E-state index in [1.165, 1.54) is 4.88 Å². The van der Waals surface area contributed by atoms with Gasteiger partial charge >= 0.3 is 5.97 Å². The fraction of sp³-hybridized carbons (Fsp3) is 0.188. The molecule has 0 saturated heterocycles. The molecule has 3 nitrogen and oxygen atoms in total. The van der Waals surface area contributed by atoms with E-state index in [9.17, 15) is 4.79 Å². The average Bonchev–Trinajstić information content (AvgIpc) is 2.93. The van der Waals surface area contributed by atoms with Gasteiger partial charge in [-0.25, -0.2) is 0 Å². The Labute approximate surface area is 122 Å². The minimum atomic E-state index is -0.807. The van der Waals surface area contributed by atoms with E-state index < -0.39 is 5.97 Å². The smallest absolute Gasteiger partial charge is 0.317 e. The molecule has 1 aromatic carbocycles. The summed E-state index contributed by atoms with van der Waals surface area (Å²) in [6, 6.07) is 14.3. The first-order valence-electron chi connectivity index (χ1n) is 6.36. The van der Waals surface area contributed by atoms with Crippen molar-refractivity contribution in [2.75, 3.05) is 20.1 Å². The number of aliphatic carboxylic acids is 1. The van der Waals surface area contributed by atoms with Crippen LogP contribution >= 0.6 is 11.3 Å². The van der Waals surface area contributed by atoms with E-state index in [0.29, 0.717) is 6.54 Å². The van der Waals surface area contributed by atoms with Crippen LogP contribution < -0.4 is 0 Å². The standard InChI is InChI=1S/C16H17NO2S/c1-17(12-16(18)19)10-9-14(15-8-5-11-20-15)13-6-3-2-4-7-13/h2-9,11H,10,12H2,1H3,(H,18,19). The van der Waals surface area contributed by atoms with Gasteiger partial charge < -0.3 is 5.11 Å². The molecule has 1 N–H and O–H groups in total. The van der Waals surface area contributed by atoms with Gasteiger partial charge in [0.25, 0.3) is 0 Å². The van der Waals surface area contributed by atoms with E-state index >= 15 is 0 Å². The molecule has 1 aromatic heterocycles. The summed E-state index contributed by atoms with van der Waals surface area (Å²) in [4.78, 5) is 13.7. The highest BCUT2D eigenvalue weighted by atomic mass is 32.1. The number of hydrogen-bond donors (Lipinski definition) is 1. The molecule has 2 aromatic rings. The molecule has 1 heterocycles. The van der Waals surface area contributed by atoms with E-state index in [1.54, 1.807) is 16.2 Å². The first-order chi connectivity index (χ1) is 9.66. The Balaban J connectivity index is 2.22. The second-order valence-electron chi connectivity index (χ2n) is 4.55. The number of likely N-dealkylation sites (N-methyl/N-ethyl adjacent to an activating group) is 1. The number of nitrogens with zero attached hydrogens (tertiary/aromatic N) is 1. The molecule has 0 radical (unpaired) electrons. The van der Waals surface area contributed by atoms with Gasteiger partial charge in [0.15, 0.2) is 0 Å². The van der Waals surface area contributed by atoms with Crippen molar-refractivity contribution in [3.8, 4) is 0 Å². The lowest BCUT2D eigenvalue weighted by molar-refractivity contribution is -0.137. The van der Waals surface area contributed by atoms with Crippen LogP contribution in [-0.4, -0.2) is 36.1 Å². The van der Waals surface area contributed by atoms with Crippen LogP contribution in [-0.2, 0) is 4.79 Å². The molecule has 0 fully saturated rings. The molecule has 0 saturated carbocycles. The van der Waals surface area contributed by atoms with Crippen LogP contribution in [0.5, 0.6) is 0 Å². The Morgan fingerprint density at radius 3 is 2.60 bits per heavy atom. The number of rotatable bonds is 6. The lowest BCUT2D eigenvalue weighted by Crippen LogP contribution is -2.25. The number of benzene rings is 1. The molecular weight excluding hydrogens is 270 g/mol. The summed E-state index contributed by atoms with van der Waals surface area (Å²) in [7, 11) is 1.81. The average molecular weight is 287 g/mol. The van der Waals surface area contributed by atoms with Crippen molar-refractivity contribution >= 4 is 22.9 Å². The van der Waals surface area contributed by atoms with Gasteiger partial charge in [0.1, 0.15) is 0 Å². The topological polar surface area (TPSA) is 40.5 Å². The number of carboxylic acids is 1. The van der Waals surface area contributed by atoms with Crippen molar-refractivity contribution in [3.63, 3.8) is 0 Å². The fourth-order valence-electron chi connectivity index (χ4n) is 1.95. The lowest BCUT2D eigenvalue weighted by atomic mass is 10.0. The van der Waals surface area contributed by atoms with Gasteiger partial charge in [0.05, 0.1) is 6.54 Å². The van der Waals surface area contributed by atoms with E-state index in [-0.39, 0.29) is 6.54 Å². The normalized spacial score (nSPS) is 11.8. The highest BCUT2D eigenvalue weighted by molar-refractivity contribution is 7.11. The maximum Gasteiger partial charge on any atom is 0.317 e. The van der Waals surface area contributed by atoms with Crippen molar-refractivity contribution in [3.05, 3.63) is 64.4 Å². The number of hydrogen-bond acceptors (Lipinski definition) is 3. The lowest BCUT2D eigenvalue weighted by Gasteiger charge is -2.13. The van der Waals surface area contributed by atoms with Crippen molar-refractivity contribution < 1.29 is 9.90 Å². The summed E-state index contributed by atoms with van der Waals surface area (Å²) < 4.78 is 0. The summed E-state index contributed by atoms with van der Waals surface area (Å²) in [6.07, 6.45) is 2.09. The largest absolute Gasteiger partial charge is 0.480 e. The molecule has 0 spiro atoms. The Kier molecular flexibility index (Phi) is 5.09. The highest BCUT2D eigenvalue weighted by Gasteiger charge is 2.07. The van der Waals surface area contributed by atoms with Crippen molar-refractivity contribution in [2.45, 2.75) is 0 Å².